The maximum atomic E-state index is 10.9. The van der Waals surface area contributed by atoms with Crippen LogP contribution in [0.15, 0.2) is 71.8 Å². The van der Waals surface area contributed by atoms with Crippen molar-refractivity contribution in [3.05, 3.63) is 82.9 Å². The van der Waals surface area contributed by atoms with Crippen molar-refractivity contribution in [2.75, 3.05) is 5.32 Å². The molecule has 146 valence electrons. The molecule has 0 heterocycles. The number of carbonyl (C=O) groups is 1. The third kappa shape index (κ3) is 5.31. The Kier molecular flexibility index (Phi) is 6.43. The van der Waals surface area contributed by atoms with Crippen molar-refractivity contribution in [2.45, 2.75) is 0 Å². The zero-order valence-corrected chi connectivity index (χ0v) is 16.5. The Labute approximate surface area is 177 Å². The lowest BCUT2D eigenvalue weighted by molar-refractivity contribution is 0.0697. The molecule has 8 heteroatoms. The number of phenolic OH excluding ortho intramolecular Hbond substituents is 1. The van der Waals surface area contributed by atoms with Crippen LogP contribution in [-0.4, -0.2) is 27.5 Å². The van der Waals surface area contributed by atoms with Gasteiger partial charge >= 0.3 is 5.97 Å². The van der Waals surface area contributed by atoms with E-state index in [1.54, 1.807) is 42.5 Å². The number of aromatic carboxylic acids is 1. The number of hydrogen-bond donors (Lipinski definition) is 4. The van der Waals surface area contributed by atoms with Crippen molar-refractivity contribution >= 4 is 46.8 Å². The summed E-state index contributed by atoms with van der Waals surface area (Å²) in [4.78, 5) is 10.9. The quantitative estimate of drug-likeness (QED) is 0.268. The molecule has 0 fully saturated rings. The Morgan fingerprint density at radius 1 is 1.07 bits per heavy atom. The summed E-state index contributed by atoms with van der Waals surface area (Å²) in [6.07, 6.45) is 1.45. The number of rotatable bonds is 5. The molecule has 0 atom stereocenters. The molecule has 4 N–H and O–H groups in total. The van der Waals surface area contributed by atoms with Gasteiger partial charge in [0, 0.05) is 21.8 Å². The van der Waals surface area contributed by atoms with Gasteiger partial charge < -0.3 is 15.5 Å². The van der Waals surface area contributed by atoms with Gasteiger partial charge in [-0.15, -0.1) is 0 Å². The maximum Gasteiger partial charge on any atom is 0.335 e. The van der Waals surface area contributed by atoms with Crippen LogP contribution >= 0.6 is 23.8 Å². The fraction of sp³-hybridized carbons (Fsp3) is 0. The van der Waals surface area contributed by atoms with E-state index in [1.165, 1.54) is 18.3 Å². The SMILES string of the molecule is O=C(O)c1ccc(NC(=S)N/N=C\c2cccc(-c3cccc(Cl)c3)c2O)cc1. The van der Waals surface area contributed by atoms with E-state index >= 15 is 0 Å². The van der Waals surface area contributed by atoms with Crippen molar-refractivity contribution in [1.82, 2.24) is 5.43 Å². The number of para-hydroxylation sites is 1. The lowest BCUT2D eigenvalue weighted by Gasteiger charge is -2.09. The van der Waals surface area contributed by atoms with Crippen molar-refractivity contribution < 1.29 is 15.0 Å². The zero-order chi connectivity index (χ0) is 20.8. The molecule has 0 amide bonds. The molecule has 0 bridgehead atoms. The van der Waals surface area contributed by atoms with Crippen molar-refractivity contribution in [2.24, 2.45) is 5.10 Å². The second-order valence-corrected chi connectivity index (χ2v) is 6.81. The molecule has 6 nitrogen and oxygen atoms in total. The smallest absolute Gasteiger partial charge is 0.335 e. The first-order valence-corrected chi connectivity index (χ1v) is 9.24. The van der Waals surface area contributed by atoms with Crippen LogP contribution in [0.1, 0.15) is 15.9 Å². The number of benzene rings is 3. The molecule has 3 aromatic rings. The number of nitrogens with one attached hydrogen (secondary N) is 2. The highest BCUT2D eigenvalue weighted by molar-refractivity contribution is 7.80. The highest BCUT2D eigenvalue weighted by Crippen LogP contribution is 2.32. The minimum Gasteiger partial charge on any atom is -0.507 e. The van der Waals surface area contributed by atoms with E-state index < -0.39 is 5.97 Å². The molecule has 0 aliphatic carbocycles. The Hall–Kier alpha value is -3.42. The summed E-state index contributed by atoms with van der Waals surface area (Å²) in [5.74, 6) is -0.926. The van der Waals surface area contributed by atoms with Gasteiger partial charge in [0.25, 0.3) is 0 Å². The zero-order valence-electron chi connectivity index (χ0n) is 15.0. The highest BCUT2D eigenvalue weighted by atomic mass is 35.5. The first-order chi connectivity index (χ1) is 13.9. The second-order valence-electron chi connectivity index (χ2n) is 5.96. The number of halogens is 1. The third-order valence-corrected chi connectivity index (χ3v) is 4.39. The lowest BCUT2D eigenvalue weighted by atomic mass is 10.0. The predicted molar refractivity (Wildman–Crippen MR) is 119 cm³/mol. The van der Waals surface area contributed by atoms with Gasteiger partial charge in [0.05, 0.1) is 11.8 Å². The van der Waals surface area contributed by atoms with Crippen LogP contribution in [0.5, 0.6) is 5.75 Å². The highest BCUT2D eigenvalue weighted by Gasteiger charge is 2.08. The molecule has 0 spiro atoms. The van der Waals surface area contributed by atoms with Crippen LogP contribution in [0.3, 0.4) is 0 Å². The van der Waals surface area contributed by atoms with E-state index in [9.17, 15) is 9.90 Å². The number of carboxylic acid groups (broad SMARTS) is 1. The third-order valence-electron chi connectivity index (χ3n) is 3.96. The summed E-state index contributed by atoms with van der Waals surface area (Å²) in [6, 6.07) is 18.6. The topological polar surface area (TPSA) is 94.0 Å². The summed E-state index contributed by atoms with van der Waals surface area (Å²) in [5, 5.41) is 27.2. The normalized spacial score (nSPS) is 10.7. The van der Waals surface area contributed by atoms with Crippen LogP contribution in [0.4, 0.5) is 5.69 Å². The molecule has 3 rings (SSSR count). The van der Waals surface area contributed by atoms with Gasteiger partial charge in [-0.3, -0.25) is 5.43 Å². The molecule has 0 unspecified atom stereocenters. The van der Waals surface area contributed by atoms with Gasteiger partial charge in [-0.05, 0) is 60.2 Å². The van der Waals surface area contributed by atoms with E-state index in [0.29, 0.717) is 21.8 Å². The molecule has 0 aliphatic heterocycles. The Morgan fingerprint density at radius 2 is 1.79 bits per heavy atom. The number of anilines is 1. The van der Waals surface area contributed by atoms with Crippen molar-refractivity contribution in [3.63, 3.8) is 0 Å². The molecule has 0 saturated carbocycles. The monoisotopic (exact) mass is 425 g/mol. The fourth-order valence-corrected chi connectivity index (χ4v) is 2.93. The summed E-state index contributed by atoms with van der Waals surface area (Å²) in [5.41, 5.74) is 5.39. The number of phenols is 1. The molecule has 0 aromatic heterocycles. The first-order valence-electron chi connectivity index (χ1n) is 8.45. The Morgan fingerprint density at radius 3 is 2.48 bits per heavy atom. The fourth-order valence-electron chi connectivity index (χ4n) is 2.57. The van der Waals surface area contributed by atoms with Crippen molar-refractivity contribution in [3.8, 4) is 16.9 Å². The minimum atomic E-state index is -0.998. The van der Waals surface area contributed by atoms with E-state index in [2.05, 4.69) is 15.8 Å². The van der Waals surface area contributed by atoms with E-state index in [-0.39, 0.29) is 16.4 Å². The standard InChI is InChI=1S/C21H16ClN3O3S/c22-16-5-1-3-14(11-16)18-6-2-4-15(19(18)26)12-23-25-21(29)24-17-9-7-13(8-10-17)20(27)28/h1-12,26H,(H,27,28)(H2,24,25,29)/b23-12-. The number of aromatic hydroxyl groups is 1. The first kappa shape index (κ1) is 20.3. The largest absolute Gasteiger partial charge is 0.507 e. The molecule has 0 radical (unpaired) electrons. The van der Waals surface area contributed by atoms with Crippen LogP contribution in [0.25, 0.3) is 11.1 Å². The van der Waals surface area contributed by atoms with Crippen LogP contribution in [0.2, 0.25) is 5.02 Å². The molecular formula is C21H16ClN3O3S. The summed E-state index contributed by atoms with van der Waals surface area (Å²) >= 11 is 11.2. The number of hydrazone groups is 1. The van der Waals surface area contributed by atoms with E-state index in [0.717, 1.165) is 5.56 Å². The van der Waals surface area contributed by atoms with Gasteiger partial charge in [0.15, 0.2) is 5.11 Å². The Balaban J connectivity index is 1.66. The Bertz CT molecular complexity index is 1080. The van der Waals surface area contributed by atoms with Crippen molar-refractivity contribution in [1.29, 1.82) is 0 Å². The average Bonchev–Trinajstić information content (AvgIpc) is 2.69. The molecular weight excluding hydrogens is 410 g/mol. The predicted octanol–water partition coefficient (Wildman–Crippen LogP) is 4.73. The molecule has 0 saturated heterocycles. The van der Waals surface area contributed by atoms with Crippen LogP contribution in [-0.2, 0) is 0 Å². The lowest BCUT2D eigenvalue weighted by Crippen LogP contribution is -2.23. The minimum absolute atomic E-state index is 0.0726. The number of thiocarbonyl (C=S) groups is 1. The van der Waals surface area contributed by atoms with Gasteiger partial charge in [0.2, 0.25) is 0 Å². The van der Waals surface area contributed by atoms with E-state index in [1.807, 2.05) is 12.1 Å². The average molecular weight is 426 g/mol. The maximum absolute atomic E-state index is 10.9. The van der Waals surface area contributed by atoms with Gasteiger partial charge in [0.1, 0.15) is 5.75 Å². The second kappa shape index (κ2) is 9.18. The number of nitrogens with zero attached hydrogens (tertiary/aromatic N) is 1. The summed E-state index contributed by atoms with van der Waals surface area (Å²) < 4.78 is 0. The van der Waals surface area contributed by atoms with Crippen LogP contribution in [0, 0.1) is 0 Å². The van der Waals surface area contributed by atoms with Crippen LogP contribution < -0.4 is 10.7 Å². The van der Waals surface area contributed by atoms with Gasteiger partial charge in [-0.25, -0.2) is 4.79 Å². The number of carboxylic acids is 1. The molecule has 29 heavy (non-hydrogen) atoms. The molecule has 0 aliphatic rings. The van der Waals surface area contributed by atoms with Gasteiger partial charge in [-0.2, -0.15) is 5.10 Å². The summed E-state index contributed by atoms with van der Waals surface area (Å²) in [7, 11) is 0. The van der Waals surface area contributed by atoms with E-state index in [4.69, 9.17) is 28.9 Å². The molecule has 3 aromatic carbocycles. The van der Waals surface area contributed by atoms with Gasteiger partial charge in [-0.1, -0.05) is 35.9 Å². The summed E-state index contributed by atoms with van der Waals surface area (Å²) in [6.45, 7) is 0. The number of hydrogen-bond acceptors (Lipinski definition) is 4.